The number of alkyl halides is 3. The Balaban J connectivity index is 2.99. The van der Waals surface area contributed by atoms with Crippen molar-refractivity contribution in [1.29, 1.82) is 0 Å². The van der Waals surface area contributed by atoms with Crippen molar-refractivity contribution in [3.05, 3.63) is 28.8 Å². The maximum Gasteiger partial charge on any atom is 0.491 e. The number of hydrogen-bond donors (Lipinski definition) is 1. The predicted molar refractivity (Wildman–Crippen MR) is 77.6 cm³/mol. The molecule has 1 N–H and O–H groups in total. The summed E-state index contributed by atoms with van der Waals surface area (Å²) in [5.41, 5.74) is 1.64. The summed E-state index contributed by atoms with van der Waals surface area (Å²) in [5.74, 6) is -4.36. The minimum Gasteiger partial charge on any atom is -0.385 e. The number of benzene rings is 1. The maximum absolute atomic E-state index is 12.4. The van der Waals surface area contributed by atoms with Crippen LogP contribution in [0.2, 0.25) is 0 Å². The van der Waals surface area contributed by atoms with Gasteiger partial charge in [-0.15, -0.1) is 0 Å². The predicted octanol–water partition coefficient (Wildman–Crippen LogP) is 1.91. The van der Waals surface area contributed by atoms with E-state index in [9.17, 15) is 31.2 Å². The Morgan fingerprint density at radius 3 is 2.00 bits per heavy atom. The van der Waals surface area contributed by atoms with Crippen molar-refractivity contribution in [2.75, 3.05) is 0 Å². The van der Waals surface area contributed by atoms with E-state index in [1.165, 1.54) is 0 Å². The van der Waals surface area contributed by atoms with Crippen molar-refractivity contribution in [1.82, 2.24) is 4.72 Å². The van der Waals surface area contributed by atoms with Crippen LogP contribution < -0.4 is 4.72 Å². The number of rotatable bonds is 4. The topological polar surface area (TPSA) is 89.5 Å². The Labute approximate surface area is 137 Å². The summed E-state index contributed by atoms with van der Waals surface area (Å²) in [6.07, 6.45) is -5.35. The quantitative estimate of drug-likeness (QED) is 0.649. The molecule has 0 amide bonds. The smallest absolute Gasteiger partial charge is 0.385 e. The van der Waals surface area contributed by atoms with Gasteiger partial charge in [-0.1, -0.05) is 17.7 Å². The van der Waals surface area contributed by atoms with Crippen molar-refractivity contribution >= 4 is 22.0 Å². The highest BCUT2D eigenvalue weighted by atomic mass is 32.2. The summed E-state index contributed by atoms with van der Waals surface area (Å²) < 4.78 is 66.4. The first-order valence-corrected chi connectivity index (χ1v) is 8.17. The molecule has 134 valence electrons. The lowest BCUT2D eigenvalue weighted by Gasteiger charge is -2.16. The van der Waals surface area contributed by atoms with Crippen LogP contribution >= 0.6 is 0 Å². The van der Waals surface area contributed by atoms with E-state index in [4.69, 9.17) is 0 Å². The molecule has 0 aliphatic heterocycles. The van der Waals surface area contributed by atoms with Crippen LogP contribution in [0.25, 0.3) is 0 Å². The van der Waals surface area contributed by atoms with Crippen molar-refractivity contribution < 1.29 is 35.9 Å². The van der Waals surface area contributed by atoms with Crippen molar-refractivity contribution in [2.45, 2.75) is 44.8 Å². The Bertz CT molecular complexity index is 748. The fraction of sp³-hybridized carbons (Fsp3) is 0.429. The summed E-state index contributed by atoms with van der Waals surface area (Å²) in [4.78, 5) is 22.0. The normalized spacial score (nSPS) is 13.5. The van der Waals surface area contributed by atoms with E-state index < -0.39 is 34.2 Å². The number of hydrogen-bond acceptors (Lipinski definition) is 5. The summed E-state index contributed by atoms with van der Waals surface area (Å²) in [7, 11) is -4.20. The number of halogens is 3. The maximum atomic E-state index is 12.4. The van der Waals surface area contributed by atoms with Crippen LogP contribution in [-0.4, -0.2) is 32.6 Å². The average Bonchev–Trinajstić information content (AvgIpc) is 2.34. The molecule has 1 unspecified atom stereocenters. The minimum atomic E-state index is -5.35. The number of aryl methyl sites for hydroxylation is 3. The molecular weight excluding hydrogens is 351 g/mol. The van der Waals surface area contributed by atoms with Gasteiger partial charge in [-0.05, 0) is 38.8 Å². The van der Waals surface area contributed by atoms with Crippen molar-refractivity contribution in [3.63, 3.8) is 0 Å². The lowest BCUT2D eigenvalue weighted by atomic mass is 10.1. The minimum absolute atomic E-state index is 0.0881. The molecule has 0 bridgehead atoms. The molecule has 24 heavy (non-hydrogen) atoms. The van der Waals surface area contributed by atoms with Crippen LogP contribution in [0, 0.1) is 20.8 Å². The van der Waals surface area contributed by atoms with Gasteiger partial charge in [0, 0.05) is 0 Å². The van der Waals surface area contributed by atoms with Gasteiger partial charge >= 0.3 is 18.1 Å². The summed E-state index contributed by atoms with van der Waals surface area (Å²) >= 11 is 0. The Kier molecular flexibility index (Phi) is 5.78. The van der Waals surface area contributed by atoms with Crippen LogP contribution in [0.4, 0.5) is 13.2 Å². The first-order chi connectivity index (χ1) is 10.8. The van der Waals surface area contributed by atoms with E-state index in [0.29, 0.717) is 11.1 Å². The van der Waals surface area contributed by atoms with Crippen LogP contribution in [0.5, 0.6) is 0 Å². The Morgan fingerprint density at radius 2 is 1.58 bits per heavy atom. The highest BCUT2D eigenvalue weighted by Crippen LogP contribution is 2.22. The van der Waals surface area contributed by atoms with Gasteiger partial charge in [-0.25, -0.2) is 18.0 Å². The van der Waals surface area contributed by atoms with Gasteiger partial charge < -0.3 is 4.74 Å². The molecule has 0 saturated carbocycles. The van der Waals surface area contributed by atoms with Crippen LogP contribution in [0.15, 0.2) is 17.0 Å². The highest BCUT2D eigenvalue weighted by molar-refractivity contribution is 7.89. The van der Waals surface area contributed by atoms with E-state index in [1.807, 2.05) is 4.72 Å². The molecule has 1 aromatic rings. The third kappa shape index (κ3) is 4.78. The zero-order valence-electron chi connectivity index (χ0n) is 13.3. The first kappa shape index (κ1) is 20.1. The van der Waals surface area contributed by atoms with E-state index in [2.05, 4.69) is 4.74 Å². The van der Waals surface area contributed by atoms with Crippen LogP contribution in [0.3, 0.4) is 0 Å². The molecule has 1 atom stereocenters. The van der Waals surface area contributed by atoms with Crippen molar-refractivity contribution in [3.8, 4) is 0 Å². The molecule has 0 saturated heterocycles. The van der Waals surface area contributed by atoms with Gasteiger partial charge in [-0.3, -0.25) is 0 Å². The summed E-state index contributed by atoms with van der Waals surface area (Å²) in [6, 6.07) is 1.54. The lowest BCUT2D eigenvalue weighted by molar-refractivity contribution is -0.202. The number of carbonyl (C=O) groups is 2. The number of carbonyl (C=O) groups excluding carboxylic acids is 2. The number of sulfonamides is 1. The van der Waals surface area contributed by atoms with Gasteiger partial charge in [0.2, 0.25) is 10.0 Å². The fourth-order valence-corrected chi connectivity index (χ4v) is 3.81. The molecule has 1 rings (SSSR count). The number of esters is 2. The largest absolute Gasteiger partial charge is 0.491 e. The number of nitrogens with one attached hydrogen (secondary N) is 1. The van der Waals surface area contributed by atoms with Crippen LogP contribution in [-0.2, 0) is 24.3 Å². The molecule has 0 aliphatic rings. The monoisotopic (exact) mass is 367 g/mol. The van der Waals surface area contributed by atoms with Gasteiger partial charge in [0.25, 0.3) is 0 Å². The molecule has 0 spiro atoms. The fourth-order valence-electron chi connectivity index (χ4n) is 2.17. The van der Waals surface area contributed by atoms with E-state index in [1.54, 1.807) is 32.9 Å². The number of ether oxygens (including phenoxy) is 1. The molecule has 10 heteroatoms. The Hall–Kier alpha value is -1.94. The molecule has 1 aromatic carbocycles. The third-order valence-electron chi connectivity index (χ3n) is 2.98. The average molecular weight is 367 g/mol. The standard InChI is InChI=1S/C14H16F3NO5S/c1-7-5-8(2)11(9(3)6-7)24(21,22)18-10(4)12(19)23-13(20)14(15,16)17/h5-6,10,18H,1-4H3. The molecular formula is C14H16F3NO5S. The zero-order chi connectivity index (χ0) is 18.9. The Morgan fingerprint density at radius 1 is 1.12 bits per heavy atom. The molecule has 0 radical (unpaired) electrons. The van der Waals surface area contributed by atoms with Gasteiger partial charge in [-0.2, -0.15) is 17.9 Å². The molecule has 0 heterocycles. The highest BCUT2D eigenvalue weighted by Gasteiger charge is 2.43. The molecule has 0 fully saturated rings. The SMILES string of the molecule is Cc1cc(C)c(S(=O)(=O)NC(C)C(=O)OC(=O)C(F)(F)F)c(C)c1. The third-order valence-corrected chi connectivity index (χ3v) is 4.83. The molecule has 6 nitrogen and oxygen atoms in total. The van der Waals surface area contributed by atoms with Crippen LogP contribution in [0.1, 0.15) is 23.6 Å². The summed E-state index contributed by atoms with van der Waals surface area (Å²) in [6.45, 7) is 5.84. The van der Waals surface area contributed by atoms with E-state index in [-0.39, 0.29) is 4.90 Å². The second-order valence-corrected chi connectivity index (χ2v) is 6.93. The summed E-state index contributed by atoms with van der Waals surface area (Å²) in [5, 5.41) is 0. The van der Waals surface area contributed by atoms with Gasteiger partial charge in [0.15, 0.2) is 0 Å². The van der Waals surface area contributed by atoms with E-state index in [0.717, 1.165) is 12.5 Å². The van der Waals surface area contributed by atoms with E-state index >= 15 is 0 Å². The first-order valence-electron chi connectivity index (χ1n) is 6.68. The van der Waals surface area contributed by atoms with Gasteiger partial charge in [0.1, 0.15) is 6.04 Å². The zero-order valence-corrected chi connectivity index (χ0v) is 14.1. The molecule has 0 aromatic heterocycles. The van der Waals surface area contributed by atoms with Gasteiger partial charge in [0.05, 0.1) is 4.90 Å². The van der Waals surface area contributed by atoms with Crippen molar-refractivity contribution in [2.24, 2.45) is 0 Å². The lowest BCUT2D eigenvalue weighted by Crippen LogP contribution is -2.42. The second-order valence-electron chi connectivity index (χ2n) is 5.28. The molecule has 0 aliphatic carbocycles. The second kappa shape index (κ2) is 6.89.